The highest BCUT2D eigenvalue weighted by molar-refractivity contribution is 5.92. The van der Waals surface area contributed by atoms with Crippen LogP contribution in [0, 0.1) is 34.5 Å². The summed E-state index contributed by atoms with van der Waals surface area (Å²) in [5.41, 5.74) is -1.85. The first-order valence-electron chi connectivity index (χ1n) is 13.8. The van der Waals surface area contributed by atoms with Crippen LogP contribution in [-0.4, -0.2) is 58.0 Å². The summed E-state index contributed by atoms with van der Waals surface area (Å²) in [7, 11) is 0. The Bertz CT molecular complexity index is 1060. The van der Waals surface area contributed by atoms with Crippen molar-refractivity contribution >= 4 is 29.5 Å². The maximum Gasteiger partial charge on any atom is 0.308 e. The molecule has 38 heavy (non-hydrogen) atoms. The van der Waals surface area contributed by atoms with Crippen LogP contribution < -0.4 is 0 Å². The van der Waals surface area contributed by atoms with Crippen molar-refractivity contribution in [3.63, 3.8) is 0 Å². The van der Waals surface area contributed by atoms with Crippen molar-refractivity contribution < 1.29 is 43.7 Å². The third kappa shape index (κ3) is 4.71. The van der Waals surface area contributed by atoms with Crippen molar-refractivity contribution in [1.29, 1.82) is 0 Å². The van der Waals surface area contributed by atoms with Crippen LogP contribution in [0.2, 0.25) is 0 Å². The number of fused-ring (bicyclic) bond motifs is 5. The molecule has 0 aliphatic heterocycles. The average molecular weight is 533 g/mol. The van der Waals surface area contributed by atoms with E-state index in [2.05, 4.69) is 6.92 Å². The van der Waals surface area contributed by atoms with E-state index in [0.29, 0.717) is 25.7 Å². The summed E-state index contributed by atoms with van der Waals surface area (Å²) < 4.78 is 11.2. The molecule has 0 amide bonds. The second-order valence-corrected chi connectivity index (χ2v) is 12.5. The lowest BCUT2D eigenvalue weighted by Crippen LogP contribution is -2.62. The van der Waals surface area contributed by atoms with Gasteiger partial charge in [0.2, 0.25) is 5.78 Å². The third-order valence-corrected chi connectivity index (χ3v) is 10.1. The van der Waals surface area contributed by atoms with Gasteiger partial charge < -0.3 is 19.7 Å². The molecule has 4 aliphatic carbocycles. The van der Waals surface area contributed by atoms with Crippen LogP contribution in [0.15, 0.2) is 11.6 Å². The maximum absolute atomic E-state index is 13.4. The topological polar surface area (TPSA) is 144 Å². The van der Waals surface area contributed by atoms with Gasteiger partial charge in [-0.05, 0) is 61.9 Å². The number of carbonyl (C=O) groups is 5. The van der Waals surface area contributed by atoms with Crippen LogP contribution in [0.1, 0.15) is 85.5 Å². The van der Waals surface area contributed by atoms with Crippen molar-refractivity contribution in [3.8, 4) is 0 Å². The van der Waals surface area contributed by atoms with E-state index in [1.165, 1.54) is 0 Å². The number of allylic oxidation sites excluding steroid dienone is 1. The summed E-state index contributed by atoms with van der Waals surface area (Å²) in [6.07, 6.45) is 4.30. The van der Waals surface area contributed by atoms with Crippen molar-refractivity contribution in [2.45, 2.75) is 97.2 Å². The van der Waals surface area contributed by atoms with E-state index in [1.807, 2.05) is 6.92 Å². The van der Waals surface area contributed by atoms with E-state index in [1.54, 1.807) is 19.9 Å². The van der Waals surface area contributed by atoms with Crippen LogP contribution in [0.25, 0.3) is 0 Å². The number of carbonyl (C=O) groups excluding carboxylic acids is 4. The summed E-state index contributed by atoms with van der Waals surface area (Å²) in [5, 5.41) is 20.7. The molecule has 2 N–H and O–H groups in total. The van der Waals surface area contributed by atoms with Crippen LogP contribution in [0.4, 0.5) is 0 Å². The number of carboxylic acids is 1. The Hall–Kier alpha value is -2.55. The summed E-state index contributed by atoms with van der Waals surface area (Å²) >= 11 is 0. The minimum atomic E-state index is -1.77. The fraction of sp³-hybridized carbons (Fsp3) is 0.759. The predicted molar refractivity (Wildman–Crippen MR) is 135 cm³/mol. The number of ketones is 2. The molecular weight excluding hydrogens is 492 g/mol. The molecule has 0 aromatic rings. The number of hydrogen-bond acceptors (Lipinski definition) is 8. The molecule has 0 heterocycles. The minimum absolute atomic E-state index is 0.00540. The SMILES string of the molecule is CC(C)C(=O)OC1C[C@@]2(C)[C@@H](CC[C@]2(O)C(=O)COC(=O)CCC(=O)O)[C@@H]2CCC3=CC(=O)CC[C@]3(C)[C@@H]12. The van der Waals surface area contributed by atoms with E-state index in [4.69, 9.17) is 14.6 Å². The van der Waals surface area contributed by atoms with Gasteiger partial charge in [0.15, 0.2) is 12.4 Å². The van der Waals surface area contributed by atoms with Crippen LogP contribution in [0.3, 0.4) is 0 Å². The fourth-order valence-corrected chi connectivity index (χ4v) is 8.06. The lowest BCUT2D eigenvalue weighted by molar-refractivity contribution is -0.198. The predicted octanol–water partition coefficient (Wildman–Crippen LogP) is 3.40. The van der Waals surface area contributed by atoms with Crippen LogP contribution in [-0.2, 0) is 33.4 Å². The van der Waals surface area contributed by atoms with Gasteiger partial charge in [-0.25, -0.2) is 0 Å². The number of Topliss-reactive ketones (excluding diaryl/α,β-unsaturated/α-hetero) is 1. The van der Waals surface area contributed by atoms with Crippen molar-refractivity contribution in [3.05, 3.63) is 11.6 Å². The van der Waals surface area contributed by atoms with Gasteiger partial charge in [0, 0.05) is 17.8 Å². The van der Waals surface area contributed by atoms with E-state index in [9.17, 15) is 29.1 Å². The van der Waals surface area contributed by atoms with Crippen LogP contribution in [0.5, 0.6) is 0 Å². The van der Waals surface area contributed by atoms with Gasteiger partial charge in [0.25, 0.3) is 0 Å². The largest absolute Gasteiger partial charge is 0.481 e. The number of carboxylic acid groups (broad SMARTS) is 1. The highest BCUT2D eigenvalue weighted by atomic mass is 16.5. The molecule has 7 atom stereocenters. The molecule has 9 nitrogen and oxygen atoms in total. The van der Waals surface area contributed by atoms with Gasteiger partial charge >= 0.3 is 17.9 Å². The van der Waals surface area contributed by atoms with E-state index in [-0.39, 0.29) is 53.7 Å². The minimum Gasteiger partial charge on any atom is -0.481 e. The Kier molecular flexibility index (Phi) is 7.64. The second kappa shape index (κ2) is 10.2. The van der Waals surface area contributed by atoms with Gasteiger partial charge in [-0.15, -0.1) is 0 Å². The smallest absolute Gasteiger partial charge is 0.308 e. The molecule has 3 fully saturated rings. The maximum atomic E-state index is 13.4. The lowest BCUT2D eigenvalue weighted by atomic mass is 9.45. The first-order chi connectivity index (χ1) is 17.7. The van der Waals surface area contributed by atoms with Gasteiger partial charge in [0.1, 0.15) is 11.7 Å². The van der Waals surface area contributed by atoms with Gasteiger partial charge in [0.05, 0.1) is 18.8 Å². The molecule has 4 aliphatic rings. The lowest BCUT2D eigenvalue weighted by Gasteiger charge is -2.61. The Balaban J connectivity index is 1.63. The number of hydrogen-bond donors (Lipinski definition) is 2. The molecular formula is C29H40O9. The van der Waals surface area contributed by atoms with E-state index >= 15 is 0 Å². The Morgan fingerprint density at radius 3 is 2.45 bits per heavy atom. The fourth-order valence-electron chi connectivity index (χ4n) is 8.06. The highest BCUT2D eigenvalue weighted by Crippen LogP contribution is 2.68. The quantitative estimate of drug-likeness (QED) is 0.449. The summed E-state index contributed by atoms with van der Waals surface area (Å²) in [5.74, 6) is -3.03. The molecule has 4 rings (SSSR count). The Labute approximate surface area is 223 Å². The summed E-state index contributed by atoms with van der Waals surface area (Å²) in [6, 6.07) is 0. The van der Waals surface area contributed by atoms with Gasteiger partial charge in [-0.1, -0.05) is 33.3 Å². The molecule has 210 valence electrons. The average Bonchev–Trinajstić information content (AvgIpc) is 3.12. The number of ether oxygens (including phenoxy) is 2. The van der Waals surface area contributed by atoms with Crippen LogP contribution >= 0.6 is 0 Å². The molecule has 0 spiro atoms. The second-order valence-electron chi connectivity index (χ2n) is 12.5. The number of aliphatic carboxylic acids is 1. The Morgan fingerprint density at radius 2 is 1.79 bits per heavy atom. The molecule has 0 radical (unpaired) electrons. The third-order valence-electron chi connectivity index (χ3n) is 10.1. The molecule has 0 bridgehead atoms. The zero-order valence-electron chi connectivity index (χ0n) is 22.8. The number of rotatable bonds is 8. The molecule has 0 saturated heterocycles. The van der Waals surface area contributed by atoms with Crippen molar-refractivity contribution in [2.24, 2.45) is 34.5 Å². The highest BCUT2D eigenvalue weighted by Gasteiger charge is 2.69. The zero-order chi connectivity index (χ0) is 28.0. The normalized spacial score (nSPS) is 37.9. The standard InChI is InChI=1S/C29H40O9/c1-16(2)26(35)38-21-14-28(4)20(19-6-5-17-13-18(30)9-11-27(17,3)25(19)21)10-12-29(28,36)22(31)15-37-24(34)8-7-23(32)33/h13,16,19-21,25,36H,5-12,14-15H2,1-4H3,(H,32,33)/t19-,20-,21?,25+,27-,28-,29-/m0/s1. The van der Waals surface area contributed by atoms with E-state index in [0.717, 1.165) is 18.4 Å². The summed E-state index contributed by atoms with van der Waals surface area (Å²) in [4.78, 5) is 61.2. The monoisotopic (exact) mass is 532 g/mol. The first-order valence-corrected chi connectivity index (χ1v) is 13.8. The number of esters is 2. The van der Waals surface area contributed by atoms with Crippen molar-refractivity contribution in [2.75, 3.05) is 6.61 Å². The van der Waals surface area contributed by atoms with Crippen molar-refractivity contribution in [1.82, 2.24) is 0 Å². The Morgan fingerprint density at radius 1 is 1.08 bits per heavy atom. The number of aliphatic hydroxyl groups is 1. The molecule has 9 heteroatoms. The molecule has 0 aromatic heterocycles. The van der Waals surface area contributed by atoms with Gasteiger partial charge in [-0.3, -0.25) is 24.0 Å². The molecule has 3 saturated carbocycles. The molecule has 0 aromatic carbocycles. The first kappa shape index (κ1) is 28.5. The van der Waals surface area contributed by atoms with E-state index < -0.39 is 47.9 Å². The zero-order valence-corrected chi connectivity index (χ0v) is 22.8. The van der Waals surface area contributed by atoms with Gasteiger partial charge in [-0.2, -0.15) is 0 Å². The molecule has 1 unspecified atom stereocenters. The summed E-state index contributed by atoms with van der Waals surface area (Å²) in [6.45, 7) is 6.97.